The van der Waals surface area contributed by atoms with Gasteiger partial charge in [-0.05, 0) is 59.4 Å². The second kappa shape index (κ2) is 7.72. The molecule has 29 heavy (non-hydrogen) atoms. The summed E-state index contributed by atoms with van der Waals surface area (Å²) in [6.45, 7) is 0. The number of carboxylic acids is 1. The molecule has 0 aliphatic heterocycles. The number of hydrogen-bond acceptors (Lipinski definition) is 2. The Balaban J connectivity index is 1.55. The molecule has 5 heteroatoms. The van der Waals surface area contributed by atoms with Crippen molar-refractivity contribution in [2.45, 2.75) is 12.8 Å². The highest BCUT2D eigenvalue weighted by Crippen LogP contribution is 2.17. The molecule has 3 aromatic carbocycles. The zero-order valence-electron chi connectivity index (χ0n) is 15.5. The normalized spacial score (nSPS) is 10.9. The largest absolute Gasteiger partial charge is 0.477 e. The summed E-state index contributed by atoms with van der Waals surface area (Å²) >= 11 is 0. The van der Waals surface area contributed by atoms with Gasteiger partial charge in [0, 0.05) is 17.1 Å². The van der Waals surface area contributed by atoms with Crippen LogP contribution in [0, 0.1) is 5.82 Å². The summed E-state index contributed by atoms with van der Waals surface area (Å²) < 4.78 is 13.0. The summed E-state index contributed by atoms with van der Waals surface area (Å²) in [6, 6.07) is 20.1. The minimum atomic E-state index is -1.24. The van der Waals surface area contributed by atoms with E-state index in [-0.39, 0.29) is 11.4 Å². The lowest BCUT2D eigenvalue weighted by molar-refractivity contribution is 0.0695. The minimum absolute atomic E-state index is 0.242. The van der Waals surface area contributed by atoms with Gasteiger partial charge < -0.3 is 10.1 Å². The van der Waals surface area contributed by atoms with E-state index >= 15 is 0 Å². The Hall–Kier alpha value is -3.73. The molecule has 0 bridgehead atoms. The third-order valence-electron chi connectivity index (χ3n) is 4.93. The molecule has 0 atom stereocenters. The number of carbonyl (C=O) groups is 1. The first-order valence-electron chi connectivity index (χ1n) is 9.19. The van der Waals surface area contributed by atoms with Crippen molar-refractivity contribution >= 4 is 16.9 Å². The monoisotopic (exact) mass is 387 g/mol. The first-order chi connectivity index (χ1) is 14.0. The molecule has 4 aromatic rings. The van der Waals surface area contributed by atoms with Crippen molar-refractivity contribution in [1.82, 2.24) is 4.98 Å². The smallest absolute Gasteiger partial charge is 0.341 e. The number of carboxylic acid groups (broad SMARTS) is 1. The van der Waals surface area contributed by atoms with E-state index in [1.54, 1.807) is 24.3 Å². The van der Waals surface area contributed by atoms with Crippen LogP contribution < -0.4 is 5.43 Å². The zero-order valence-corrected chi connectivity index (χ0v) is 15.5. The van der Waals surface area contributed by atoms with Gasteiger partial charge in [-0.1, -0.05) is 42.5 Å². The van der Waals surface area contributed by atoms with Crippen LogP contribution >= 0.6 is 0 Å². The van der Waals surface area contributed by atoms with Gasteiger partial charge in [0.2, 0.25) is 5.43 Å². The van der Waals surface area contributed by atoms with Gasteiger partial charge in [0.1, 0.15) is 11.4 Å². The first kappa shape index (κ1) is 18.6. The van der Waals surface area contributed by atoms with E-state index in [4.69, 9.17) is 5.11 Å². The fraction of sp³-hybridized carbons (Fsp3) is 0.0833. The summed E-state index contributed by atoms with van der Waals surface area (Å²) in [5.74, 6) is -1.48. The van der Waals surface area contributed by atoms with Crippen molar-refractivity contribution in [3.8, 4) is 0 Å². The quantitative estimate of drug-likeness (QED) is 0.528. The number of hydrogen-bond donors (Lipinski definition) is 2. The highest BCUT2D eigenvalue weighted by atomic mass is 19.1. The SMILES string of the molecule is O=C(O)c1c[nH]c2ccc(Cc3ccc(Cc4ccc(F)cc4)cc3)cc2c1=O. The Bertz CT molecular complexity index is 1240. The number of fused-ring (bicyclic) bond motifs is 1. The Kier molecular flexibility index (Phi) is 4.96. The van der Waals surface area contributed by atoms with Gasteiger partial charge in [-0.25, -0.2) is 9.18 Å². The van der Waals surface area contributed by atoms with Gasteiger partial charge in [0.15, 0.2) is 0 Å². The third kappa shape index (κ3) is 4.09. The van der Waals surface area contributed by atoms with Crippen LogP contribution in [0.5, 0.6) is 0 Å². The van der Waals surface area contributed by atoms with E-state index in [0.29, 0.717) is 17.3 Å². The highest BCUT2D eigenvalue weighted by Gasteiger charge is 2.12. The van der Waals surface area contributed by atoms with Gasteiger partial charge in [-0.15, -0.1) is 0 Å². The average molecular weight is 387 g/mol. The number of rotatable bonds is 5. The second-order valence-electron chi connectivity index (χ2n) is 7.01. The minimum Gasteiger partial charge on any atom is -0.477 e. The third-order valence-corrected chi connectivity index (χ3v) is 4.93. The maximum atomic E-state index is 13.0. The molecular formula is C24H18FNO3. The molecule has 4 rings (SSSR count). The summed E-state index contributed by atoms with van der Waals surface area (Å²) in [5, 5.41) is 9.51. The molecule has 1 heterocycles. The molecule has 0 amide bonds. The number of nitrogens with one attached hydrogen (secondary N) is 1. The van der Waals surface area contributed by atoms with Gasteiger partial charge in [-0.3, -0.25) is 4.79 Å². The van der Waals surface area contributed by atoms with Crippen LogP contribution in [0.4, 0.5) is 4.39 Å². The number of aromatic carboxylic acids is 1. The lowest BCUT2D eigenvalue weighted by atomic mass is 9.99. The molecule has 2 N–H and O–H groups in total. The van der Waals surface area contributed by atoms with E-state index in [1.807, 2.05) is 30.3 Å². The second-order valence-corrected chi connectivity index (χ2v) is 7.01. The predicted molar refractivity (Wildman–Crippen MR) is 110 cm³/mol. The van der Waals surface area contributed by atoms with Crippen LogP contribution in [0.2, 0.25) is 0 Å². The van der Waals surface area contributed by atoms with Crippen LogP contribution in [-0.2, 0) is 12.8 Å². The molecule has 0 unspecified atom stereocenters. The van der Waals surface area contributed by atoms with Crippen molar-refractivity contribution < 1.29 is 14.3 Å². The van der Waals surface area contributed by atoms with Crippen molar-refractivity contribution in [3.05, 3.63) is 117 Å². The zero-order chi connectivity index (χ0) is 20.4. The molecule has 0 saturated carbocycles. The number of aromatic nitrogens is 1. The number of benzene rings is 3. The predicted octanol–water partition coefficient (Wildman–Crippen LogP) is 4.55. The van der Waals surface area contributed by atoms with Crippen molar-refractivity contribution in [1.29, 1.82) is 0 Å². The van der Waals surface area contributed by atoms with Gasteiger partial charge >= 0.3 is 5.97 Å². The van der Waals surface area contributed by atoms with Crippen LogP contribution in [0.25, 0.3) is 10.9 Å². The molecule has 4 nitrogen and oxygen atoms in total. The number of pyridine rings is 1. The molecule has 0 saturated heterocycles. The Morgan fingerprint density at radius 2 is 1.34 bits per heavy atom. The van der Waals surface area contributed by atoms with Crippen LogP contribution in [0.1, 0.15) is 32.6 Å². The number of aromatic amines is 1. The molecule has 0 aliphatic rings. The van der Waals surface area contributed by atoms with E-state index in [9.17, 15) is 14.0 Å². The fourth-order valence-corrected chi connectivity index (χ4v) is 3.38. The van der Waals surface area contributed by atoms with Crippen LogP contribution in [0.15, 0.2) is 77.7 Å². The molecule has 0 radical (unpaired) electrons. The highest BCUT2D eigenvalue weighted by molar-refractivity contribution is 5.92. The van der Waals surface area contributed by atoms with E-state index in [1.165, 1.54) is 18.3 Å². The molecule has 0 spiro atoms. The van der Waals surface area contributed by atoms with Crippen molar-refractivity contribution in [2.24, 2.45) is 0 Å². The van der Waals surface area contributed by atoms with E-state index in [2.05, 4.69) is 4.98 Å². The van der Waals surface area contributed by atoms with Crippen molar-refractivity contribution in [3.63, 3.8) is 0 Å². The Labute approximate surface area is 166 Å². The Morgan fingerprint density at radius 1 is 0.828 bits per heavy atom. The standard InChI is InChI=1S/C24H18FNO3/c25-19-8-5-17(6-9-19)11-15-1-3-16(4-2-15)12-18-7-10-22-20(13-18)23(27)21(14-26-22)24(28)29/h1-10,13-14H,11-12H2,(H,26,27)(H,28,29). The lowest BCUT2D eigenvalue weighted by Crippen LogP contribution is -2.15. The summed E-state index contributed by atoms with van der Waals surface area (Å²) in [6.07, 6.45) is 2.58. The van der Waals surface area contributed by atoms with Crippen LogP contribution in [0.3, 0.4) is 0 Å². The average Bonchev–Trinajstić information content (AvgIpc) is 2.71. The summed E-state index contributed by atoms with van der Waals surface area (Å²) in [7, 11) is 0. The summed E-state index contributed by atoms with van der Waals surface area (Å²) in [4.78, 5) is 26.4. The molecular weight excluding hydrogens is 369 g/mol. The van der Waals surface area contributed by atoms with Crippen molar-refractivity contribution in [2.75, 3.05) is 0 Å². The molecule has 1 aromatic heterocycles. The van der Waals surface area contributed by atoms with Gasteiger partial charge in [-0.2, -0.15) is 0 Å². The fourth-order valence-electron chi connectivity index (χ4n) is 3.38. The summed E-state index contributed by atoms with van der Waals surface area (Å²) in [5.41, 5.74) is 4.04. The topological polar surface area (TPSA) is 70.2 Å². The molecule has 0 aliphatic carbocycles. The maximum Gasteiger partial charge on any atom is 0.341 e. The molecule has 144 valence electrons. The van der Waals surface area contributed by atoms with Crippen LogP contribution in [-0.4, -0.2) is 16.1 Å². The van der Waals surface area contributed by atoms with Gasteiger partial charge in [0.25, 0.3) is 0 Å². The molecule has 0 fully saturated rings. The lowest BCUT2D eigenvalue weighted by Gasteiger charge is -2.07. The number of halogens is 1. The first-order valence-corrected chi connectivity index (χ1v) is 9.19. The van der Waals surface area contributed by atoms with Gasteiger partial charge in [0.05, 0.1) is 0 Å². The maximum absolute atomic E-state index is 13.0. The van der Waals surface area contributed by atoms with E-state index < -0.39 is 11.4 Å². The number of H-pyrrole nitrogens is 1. The van der Waals surface area contributed by atoms with E-state index in [0.717, 1.165) is 28.7 Å². The Morgan fingerprint density at radius 3 is 1.93 bits per heavy atom.